The minimum atomic E-state index is -0.357. The van der Waals surface area contributed by atoms with Crippen LogP contribution in [0.25, 0.3) is 0 Å². The quantitative estimate of drug-likeness (QED) is 0.564. The molecule has 2 aromatic rings. The van der Waals surface area contributed by atoms with E-state index in [1.807, 2.05) is 48.5 Å². The molecule has 7 heteroatoms. The third-order valence-electron chi connectivity index (χ3n) is 5.16. The van der Waals surface area contributed by atoms with Crippen molar-refractivity contribution < 1.29 is 28.3 Å². The predicted molar refractivity (Wildman–Crippen MR) is 105 cm³/mol. The highest BCUT2D eigenvalue weighted by atomic mass is 16.7. The van der Waals surface area contributed by atoms with Gasteiger partial charge >= 0.3 is 7.12 Å². The van der Waals surface area contributed by atoms with Crippen molar-refractivity contribution in [2.75, 3.05) is 27.6 Å². The molecule has 4 rings (SSSR count). The topological polar surface area (TPSA) is 55.4 Å². The Bertz CT molecular complexity index is 750. The summed E-state index contributed by atoms with van der Waals surface area (Å²) in [7, 11) is 2.90. The van der Waals surface area contributed by atoms with Crippen LogP contribution in [0.4, 0.5) is 0 Å². The molecule has 0 bridgehead atoms. The highest BCUT2D eigenvalue weighted by Crippen LogP contribution is 2.35. The van der Waals surface area contributed by atoms with E-state index in [0.717, 1.165) is 35.4 Å². The second-order valence-electron chi connectivity index (χ2n) is 6.97. The smallest absolute Gasteiger partial charge is 0.494 e. The molecule has 2 aliphatic rings. The van der Waals surface area contributed by atoms with E-state index >= 15 is 0 Å². The van der Waals surface area contributed by atoms with E-state index in [2.05, 4.69) is 0 Å². The zero-order chi connectivity index (χ0) is 19.3. The lowest BCUT2D eigenvalue weighted by molar-refractivity contribution is -0.150. The highest BCUT2D eigenvalue weighted by molar-refractivity contribution is 6.61. The number of benzene rings is 2. The fourth-order valence-corrected chi connectivity index (χ4v) is 3.64. The Morgan fingerprint density at radius 3 is 2.39 bits per heavy atom. The first kappa shape index (κ1) is 19.3. The molecule has 28 heavy (non-hydrogen) atoms. The minimum absolute atomic E-state index is 0.0430. The Balaban J connectivity index is 1.34. The second kappa shape index (κ2) is 8.96. The number of ether oxygens (including phenoxy) is 4. The van der Waals surface area contributed by atoms with Gasteiger partial charge in [0.25, 0.3) is 0 Å². The van der Waals surface area contributed by atoms with Gasteiger partial charge in [0.15, 0.2) is 6.79 Å². The van der Waals surface area contributed by atoms with Crippen molar-refractivity contribution in [2.24, 2.45) is 0 Å². The Hall–Kier alpha value is -2.06. The maximum atomic E-state index is 6.28. The van der Waals surface area contributed by atoms with Crippen molar-refractivity contribution in [3.05, 3.63) is 54.1 Å². The number of hydrogen-bond acceptors (Lipinski definition) is 6. The van der Waals surface area contributed by atoms with Gasteiger partial charge < -0.3 is 28.3 Å². The number of rotatable bonds is 6. The molecule has 0 amide bonds. The van der Waals surface area contributed by atoms with Gasteiger partial charge in [-0.2, -0.15) is 0 Å². The summed E-state index contributed by atoms with van der Waals surface area (Å²) in [6.45, 7) is 0.764. The van der Waals surface area contributed by atoms with Crippen molar-refractivity contribution >= 4 is 12.6 Å². The molecule has 2 aromatic carbocycles. The van der Waals surface area contributed by atoms with E-state index in [4.69, 9.17) is 28.3 Å². The molecule has 0 N–H and O–H groups in total. The molecular formula is C21H25BO6. The highest BCUT2D eigenvalue weighted by Gasteiger charge is 2.41. The first-order valence-corrected chi connectivity index (χ1v) is 9.55. The summed E-state index contributed by atoms with van der Waals surface area (Å²) in [5.74, 6) is 1.60. The largest absolute Gasteiger partial charge is 0.497 e. The predicted octanol–water partition coefficient (Wildman–Crippen LogP) is 2.71. The zero-order valence-corrected chi connectivity index (χ0v) is 16.2. The zero-order valence-electron chi connectivity index (χ0n) is 16.2. The van der Waals surface area contributed by atoms with Crippen molar-refractivity contribution in [1.29, 1.82) is 0 Å². The Morgan fingerprint density at radius 2 is 1.68 bits per heavy atom. The van der Waals surface area contributed by atoms with Crippen LogP contribution < -0.4 is 14.9 Å². The normalized spacial score (nSPS) is 24.5. The Labute approximate surface area is 165 Å². The van der Waals surface area contributed by atoms with Crippen molar-refractivity contribution in [1.82, 2.24) is 0 Å². The summed E-state index contributed by atoms with van der Waals surface area (Å²) in [5, 5.41) is 0. The van der Waals surface area contributed by atoms with Crippen molar-refractivity contribution in [3.63, 3.8) is 0 Å². The Kier molecular flexibility index (Phi) is 6.17. The van der Waals surface area contributed by atoms with Gasteiger partial charge in [-0.1, -0.05) is 24.3 Å². The molecule has 0 spiro atoms. The lowest BCUT2D eigenvalue weighted by Gasteiger charge is -2.41. The molecular weight excluding hydrogens is 359 g/mol. The van der Waals surface area contributed by atoms with Crippen LogP contribution in [-0.4, -0.2) is 46.9 Å². The maximum absolute atomic E-state index is 6.28. The fourth-order valence-electron chi connectivity index (χ4n) is 3.64. The molecule has 2 fully saturated rings. The molecule has 2 heterocycles. The van der Waals surface area contributed by atoms with Crippen LogP contribution in [0.3, 0.4) is 0 Å². The fraction of sp³-hybridized carbons (Fsp3) is 0.429. The van der Waals surface area contributed by atoms with Gasteiger partial charge in [0.1, 0.15) is 17.6 Å². The molecule has 6 nitrogen and oxygen atoms in total. The molecule has 148 valence electrons. The molecule has 0 saturated carbocycles. The molecule has 0 radical (unpaired) electrons. The summed E-state index contributed by atoms with van der Waals surface area (Å²) in [6.07, 6.45) is 1.88. The molecule has 2 saturated heterocycles. The molecule has 0 aromatic heterocycles. The minimum Gasteiger partial charge on any atom is -0.497 e. The molecule has 0 aliphatic carbocycles. The van der Waals surface area contributed by atoms with Crippen LogP contribution in [0.1, 0.15) is 24.5 Å². The second-order valence-corrected chi connectivity index (χ2v) is 6.97. The van der Waals surface area contributed by atoms with Gasteiger partial charge in [-0.15, -0.1) is 0 Å². The molecule has 3 atom stereocenters. The standard InChI is InChI=1S/C21H25BO6/c1-23-14-25-18-7-3-15(4-8-18)19-11-12-20-21(27-19)13-26-22(28-20)16-5-9-17(24-2)10-6-16/h3-10,19-21H,11-14H2,1-2H3/t19-,20+,21-/m1/s1. The molecule has 0 unspecified atom stereocenters. The van der Waals surface area contributed by atoms with Gasteiger partial charge in [-0.3, -0.25) is 0 Å². The van der Waals surface area contributed by atoms with Gasteiger partial charge in [0.2, 0.25) is 0 Å². The van der Waals surface area contributed by atoms with Gasteiger partial charge in [-0.25, -0.2) is 0 Å². The van der Waals surface area contributed by atoms with Crippen molar-refractivity contribution in [2.45, 2.75) is 31.2 Å². The lowest BCUT2D eigenvalue weighted by atomic mass is 9.76. The SMILES string of the molecule is COCOc1ccc([C@H]2CC[C@@H]3OB(c4ccc(OC)cc4)OC[C@H]3O2)cc1. The summed E-state index contributed by atoms with van der Waals surface area (Å²) >= 11 is 0. The monoisotopic (exact) mass is 384 g/mol. The average molecular weight is 384 g/mol. The first-order chi connectivity index (χ1) is 13.8. The maximum Gasteiger partial charge on any atom is 0.494 e. The van der Waals surface area contributed by atoms with Gasteiger partial charge in [0, 0.05) is 7.11 Å². The van der Waals surface area contributed by atoms with E-state index in [0.29, 0.717) is 6.61 Å². The summed E-state index contributed by atoms with van der Waals surface area (Å²) in [6, 6.07) is 15.8. The van der Waals surface area contributed by atoms with E-state index < -0.39 is 0 Å². The first-order valence-electron chi connectivity index (χ1n) is 9.55. The molecule has 2 aliphatic heterocycles. The van der Waals surface area contributed by atoms with Crippen molar-refractivity contribution in [3.8, 4) is 11.5 Å². The van der Waals surface area contributed by atoms with Crippen LogP contribution in [-0.2, 0) is 18.8 Å². The van der Waals surface area contributed by atoms with E-state index in [9.17, 15) is 0 Å². The Morgan fingerprint density at radius 1 is 0.929 bits per heavy atom. The van der Waals surface area contributed by atoms with Crippen LogP contribution >= 0.6 is 0 Å². The summed E-state index contributed by atoms with van der Waals surface area (Å²) in [5.41, 5.74) is 2.13. The van der Waals surface area contributed by atoms with Crippen LogP contribution in [0, 0.1) is 0 Å². The number of methoxy groups -OCH3 is 2. The van der Waals surface area contributed by atoms with E-state index in [1.165, 1.54) is 0 Å². The van der Waals surface area contributed by atoms with Crippen LogP contribution in [0.5, 0.6) is 11.5 Å². The van der Waals surface area contributed by atoms with Gasteiger partial charge in [0.05, 0.1) is 25.9 Å². The lowest BCUT2D eigenvalue weighted by Crippen LogP contribution is -2.54. The van der Waals surface area contributed by atoms with E-state index in [1.54, 1.807) is 14.2 Å². The third kappa shape index (κ3) is 4.33. The van der Waals surface area contributed by atoms with E-state index in [-0.39, 0.29) is 32.2 Å². The summed E-state index contributed by atoms with van der Waals surface area (Å²) < 4.78 is 34.0. The number of fused-ring (bicyclic) bond motifs is 1. The third-order valence-corrected chi connectivity index (χ3v) is 5.16. The summed E-state index contributed by atoms with van der Waals surface area (Å²) in [4.78, 5) is 0. The van der Waals surface area contributed by atoms with Crippen LogP contribution in [0.15, 0.2) is 48.5 Å². The average Bonchev–Trinajstić information content (AvgIpc) is 2.77. The van der Waals surface area contributed by atoms with Crippen LogP contribution in [0.2, 0.25) is 0 Å². The van der Waals surface area contributed by atoms with Gasteiger partial charge in [-0.05, 0) is 48.1 Å². The number of hydrogen-bond donors (Lipinski definition) is 0.